The molecule has 1 rings (SSSR count). The quantitative estimate of drug-likeness (QED) is 0.336. The Labute approximate surface area is 137 Å². The van der Waals surface area contributed by atoms with Crippen molar-refractivity contribution in [3.8, 4) is 29.9 Å². The summed E-state index contributed by atoms with van der Waals surface area (Å²) in [6.07, 6.45) is 6.57. The highest BCUT2D eigenvalue weighted by Crippen LogP contribution is 2.36. The number of hydrogen-bond donors (Lipinski definition) is 0. The van der Waals surface area contributed by atoms with Crippen LogP contribution < -0.4 is 9.47 Å². The molecule has 0 unspecified atom stereocenters. The zero-order valence-electron chi connectivity index (χ0n) is 12.2. The second-order valence-corrected chi connectivity index (χ2v) is 4.83. The van der Waals surface area contributed by atoms with E-state index in [2.05, 4.69) is 21.9 Å². The highest BCUT2D eigenvalue weighted by Gasteiger charge is 2.15. The number of ether oxygens (including phenoxy) is 3. The Bertz CT molecular complexity index is 668. The lowest BCUT2D eigenvalue weighted by atomic mass is 10.1. The number of terminal acetylenes is 1. The van der Waals surface area contributed by atoms with E-state index in [1.54, 1.807) is 19.1 Å². The fourth-order valence-corrected chi connectivity index (χ4v) is 2.07. The van der Waals surface area contributed by atoms with E-state index in [4.69, 9.17) is 25.9 Å². The van der Waals surface area contributed by atoms with Gasteiger partial charge in [0.15, 0.2) is 11.5 Å². The predicted octanol–water partition coefficient (Wildman–Crippen LogP) is 2.94. The molecule has 0 heterocycles. The van der Waals surface area contributed by atoms with Gasteiger partial charge in [0, 0.05) is 10.0 Å². The van der Waals surface area contributed by atoms with Crippen LogP contribution in [0.25, 0.3) is 6.08 Å². The van der Waals surface area contributed by atoms with Gasteiger partial charge in [0.05, 0.1) is 13.7 Å². The molecule has 0 aliphatic heterocycles. The number of hydrogen-bond acceptors (Lipinski definition) is 5. The number of carbonyl (C=O) groups excluding carboxylic acids is 1. The molecule has 0 saturated carbocycles. The van der Waals surface area contributed by atoms with Crippen molar-refractivity contribution in [2.45, 2.75) is 6.92 Å². The number of nitriles is 1. The minimum Gasteiger partial charge on any atom is -0.493 e. The van der Waals surface area contributed by atoms with Crippen LogP contribution in [0.2, 0.25) is 0 Å². The maximum Gasteiger partial charge on any atom is 0.348 e. The summed E-state index contributed by atoms with van der Waals surface area (Å²) in [6.45, 7) is 1.87. The molecule has 6 heteroatoms. The Morgan fingerprint density at radius 1 is 1.50 bits per heavy atom. The molecule has 1 aromatic carbocycles. The molecule has 0 aromatic heterocycles. The molecular formula is C16H14BrNO4. The second kappa shape index (κ2) is 8.76. The number of rotatable bonds is 6. The number of halogens is 1. The third-order valence-corrected chi connectivity index (χ3v) is 2.94. The predicted molar refractivity (Wildman–Crippen MR) is 85.2 cm³/mol. The van der Waals surface area contributed by atoms with Crippen LogP contribution in [-0.2, 0) is 9.53 Å². The van der Waals surface area contributed by atoms with Crippen LogP contribution in [0, 0.1) is 23.7 Å². The van der Waals surface area contributed by atoms with Crippen LogP contribution in [0.1, 0.15) is 12.5 Å². The zero-order valence-corrected chi connectivity index (χ0v) is 13.8. The molecule has 0 amide bonds. The highest BCUT2D eigenvalue weighted by atomic mass is 79.9. The average molecular weight is 364 g/mol. The first kappa shape index (κ1) is 17.6. The van der Waals surface area contributed by atoms with E-state index in [0.717, 1.165) is 0 Å². The van der Waals surface area contributed by atoms with Crippen molar-refractivity contribution in [1.29, 1.82) is 5.26 Å². The fraction of sp³-hybridized carbons (Fsp3) is 0.250. The van der Waals surface area contributed by atoms with Crippen molar-refractivity contribution >= 4 is 28.0 Å². The lowest BCUT2D eigenvalue weighted by Crippen LogP contribution is -2.06. The first-order chi connectivity index (χ1) is 10.6. The minimum absolute atomic E-state index is 0.0279. The zero-order chi connectivity index (χ0) is 16.5. The van der Waals surface area contributed by atoms with Crippen molar-refractivity contribution in [3.05, 3.63) is 27.7 Å². The molecule has 22 heavy (non-hydrogen) atoms. The normalized spacial score (nSPS) is 10.3. The van der Waals surface area contributed by atoms with E-state index < -0.39 is 5.97 Å². The Morgan fingerprint density at radius 3 is 2.77 bits per heavy atom. The highest BCUT2D eigenvalue weighted by molar-refractivity contribution is 9.10. The summed E-state index contributed by atoms with van der Waals surface area (Å²) >= 11 is 3.33. The van der Waals surface area contributed by atoms with Crippen LogP contribution in [0.15, 0.2) is 22.2 Å². The van der Waals surface area contributed by atoms with Gasteiger partial charge in [0.1, 0.15) is 18.2 Å². The molecule has 0 aliphatic carbocycles. The molecule has 0 saturated heterocycles. The smallest absolute Gasteiger partial charge is 0.348 e. The average Bonchev–Trinajstić information content (AvgIpc) is 2.51. The van der Waals surface area contributed by atoms with Crippen molar-refractivity contribution in [2.75, 3.05) is 20.3 Å². The van der Waals surface area contributed by atoms with Gasteiger partial charge in [-0.1, -0.05) is 21.9 Å². The van der Waals surface area contributed by atoms with Gasteiger partial charge in [0.25, 0.3) is 0 Å². The Balaban J connectivity index is 3.38. The molecule has 0 atom stereocenters. The van der Waals surface area contributed by atoms with Gasteiger partial charge >= 0.3 is 5.97 Å². The summed E-state index contributed by atoms with van der Waals surface area (Å²) < 4.78 is 16.2. The monoisotopic (exact) mass is 363 g/mol. The molecule has 1 aromatic rings. The van der Waals surface area contributed by atoms with E-state index in [1.165, 1.54) is 13.2 Å². The topological polar surface area (TPSA) is 68.5 Å². The van der Waals surface area contributed by atoms with Crippen LogP contribution in [0.4, 0.5) is 0 Å². The maximum atomic E-state index is 11.7. The van der Waals surface area contributed by atoms with E-state index in [1.807, 2.05) is 6.07 Å². The number of methoxy groups -OCH3 is 1. The number of esters is 1. The Morgan fingerprint density at radius 2 is 2.23 bits per heavy atom. The van der Waals surface area contributed by atoms with Gasteiger partial charge in [-0.2, -0.15) is 5.26 Å². The Kier molecular flexibility index (Phi) is 7.01. The largest absolute Gasteiger partial charge is 0.493 e. The van der Waals surface area contributed by atoms with Crippen LogP contribution in [0.5, 0.6) is 11.5 Å². The van der Waals surface area contributed by atoms with Crippen molar-refractivity contribution < 1.29 is 19.0 Å². The first-order valence-corrected chi connectivity index (χ1v) is 7.09. The maximum absolute atomic E-state index is 11.7. The SMILES string of the molecule is C#CCOc1c(/C=C(\C#N)C(=O)OCC)cc(Br)cc1OC. The van der Waals surface area contributed by atoms with Gasteiger partial charge in [0.2, 0.25) is 0 Å². The third kappa shape index (κ3) is 4.54. The lowest BCUT2D eigenvalue weighted by molar-refractivity contribution is -0.137. The molecule has 5 nitrogen and oxygen atoms in total. The van der Waals surface area contributed by atoms with Gasteiger partial charge < -0.3 is 14.2 Å². The van der Waals surface area contributed by atoms with Crippen LogP contribution >= 0.6 is 15.9 Å². The Hall–Kier alpha value is -2.44. The van der Waals surface area contributed by atoms with Gasteiger partial charge in [-0.05, 0) is 25.1 Å². The summed E-state index contributed by atoms with van der Waals surface area (Å²) in [4.78, 5) is 11.7. The fourth-order valence-electron chi connectivity index (χ4n) is 1.62. The van der Waals surface area contributed by atoms with Gasteiger partial charge in [-0.3, -0.25) is 0 Å². The first-order valence-electron chi connectivity index (χ1n) is 6.30. The number of nitrogens with zero attached hydrogens (tertiary/aromatic N) is 1. The minimum atomic E-state index is -0.702. The van der Waals surface area contributed by atoms with Crippen molar-refractivity contribution in [3.63, 3.8) is 0 Å². The molecule has 114 valence electrons. The van der Waals surface area contributed by atoms with Gasteiger partial charge in [-0.25, -0.2) is 4.79 Å². The molecule has 0 radical (unpaired) electrons. The van der Waals surface area contributed by atoms with Crippen LogP contribution in [-0.4, -0.2) is 26.3 Å². The number of benzene rings is 1. The van der Waals surface area contributed by atoms with E-state index in [-0.39, 0.29) is 18.8 Å². The van der Waals surface area contributed by atoms with E-state index in [0.29, 0.717) is 21.5 Å². The van der Waals surface area contributed by atoms with Crippen LogP contribution in [0.3, 0.4) is 0 Å². The summed E-state index contributed by atoms with van der Waals surface area (Å²) in [6, 6.07) is 5.19. The van der Waals surface area contributed by atoms with Crippen molar-refractivity contribution in [1.82, 2.24) is 0 Å². The molecular weight excluding hydrogens is 350 g/mol. The second-order valence-electron chi connectivity index (χ2n) is 3.91. The van der Waals surface area contributed by atoms with E-state index in [9.17, 15) is 4.79 Å². The molecule has 0 aliphatic rings. The summed E-state index contributed by atoms with van der Waals surface area (Å²) in [7, 11) is 1.48. The molecule has 0 bridgehead atoms. The van der Waals surface area contributed by atoms with Crippen molar-refractivity contribution in [2.24, 2.45) is 0 Å². The standard InChI is InChI=1S/C16H14BrNO4/c1-4-6-22-15-11(8-13(17)9-14(15)20-3)7-12(10-18)16(19)21-5-2/h1,7-9H,5-6H2,2-3H3/b12-7+. The van der Waals surface area contributed by atoms with Gasteiger partial charge in [-0.15, -0.1) is 6.42 Å². The molecule has 0 spiro atoms. The summed E-state index contributed by atoms with van der Waals surface area (Å²) in [5, 5.41) is 9.11. The summed E-state index contributed by atoms with van der Waals surface area (Å²) in [5.41, 5.74) is 0.332. The third-order valence-electron chi connectivity index (χ3n) is 2.48. The number of carbonyl (C=O) groups is 1. The van der Waals surface area contributed by atoms with E-state index >= 15 is 0 Å². The summed E-state index contributed by atoms with van der Waals surface area (Å²) in [5.74, 6) is 2.43. The molecule has 0 N–H and O–H groups in total. The molecule has 0 fully saturated rings. The lowest BCUT2D eigenvalue weighted by Gasteiger charge is -2.13.